The number of carbonyl (C=O) groups excluding carboxylic acids is 1. The van der Waals surface area contributed by atoms with Crippen LogP contribution in [0.1, 0.15) is 15.9 Å². The van der Waals surface area contributed by atoms with Gasteiger partial charge in [0.1, 0.15) is 5.75 Å². The summed E-state index contributed by atoms with van der Waals surface area (Å²) in [6.07, 6.45) is 0. The van der Waals surface area contributed by atoms with E-state index in [0.29, 0.717) is 76.2 Å². The molecule has 34 heavy (non-hydrogen) atoms. The molecule has 0 aliphatic carbocycles. The van der Waals surface area contributed by atoms with E-state index in [0.717, 1.165) is 5.56 Å². The highest BCUT2D eigenvalue weighted by Crippen LogP contribution is 2.29. The Labute approximate surface area is 200 Å². The highest BCUT2D eigenvalue weighted by atomic mass is 32.2. The molecule has 184 valence electrons. The molecule has 1 amide bonds. The topological polar surface area (TPSA) is 88.6 Å². The van der Waals surface area contributed by atoms with Crippen molar-refractivity contribution < 1.29 is 27.4 Å². The molecule has 0 saturated carbocycles. The molecule has 2 heterocycles. The van der Waals surface area contributed by atoms with E-state index in [1.807, 2.05) is 24.3 Å². The first-order valence-electron chi connectivity index (χ1n) is 11.3. The van der Waals surface area contributed by atoms with Crippen molar-refractivity contribution in [2.45, 2.75) is 11.4 Å². The van der Waals surface area contributed by atoms with Crippen molar-refractivity contribution in [2.75, 3.05) is 71.7 Å². The van der Waals surface area contributed by atoms with Crippen molar-refractivity contribution in [1.29, 1.82) is 0 Å². The van der Waals surface area contributed by atoms with Crippen molar-refractivity contribution in [2.24, 2.45) is 0 Å². The number of para-hydroxylation sites is 1. The number of sulfonamides is 1. The van der Waals surface area contributed by atoms with Crippen LogP contribution in [0.3, 0.4) is 0 Å². The van der Waals surface area contributed by atoms with Crippen LogP contribution in [0.5, 0.6) is 5.75 Å². The van der Waals surface area contributed by atoms with Gasteiger partial charge in [0.15, 0.2) is 0 Å². The zero-order valence-electron chi connectivity index (χ0n) is 19.6. The maximum Gasteiger partial charge on any atom is 0.256 e. The average molecular weight is 490 g/mol. The highest BCUT2D eigenvalue weighted by Gasteiger charge is 2.29. The van der Waals surface area contributed by atoms with Gasteiger partial charge in [0.2, 0.25) is 10.0 Å². The van der Waals surface area contributed by atoms with Gasteiger partial charge in [0.25, 0.3) is 5.91 Å². The van der Waals surface area contributed by atoms with Gasteiger partial charge in [-0.2, -0.15) is 4.31 Å². The molecule has 10 heteroatoms. The lowest BCUT2D eigenvalue weighted by molar-refractivity contribution is 0.0730. The van der Waals surface area contributed by atoms with E-state index in [9.17, 15) is 13.2 Å². The van der Waals surface area contributed by atoms with E-state index in [4.69, 9.17) is 14.2 Å². The Bertz CT molecular complexity index is 1110. The number of benzene rings is 2. The Balaban J connectivity index is 1.68. The number of hydrogen-bond acceptors (Lipinski definition) is 7. The largest absolute Gasteiger partial charge is 0.496 e. The smallest absolute Gasteiger partial charge is 0.256 e. The molecule has 2 fully saturated rings. The standard InChI is InChI=1S/C24H31N3O6S/c1-25(18-19-5-3-4-6-23(19)31-2)24(28)21-17-20(34(29,30)27-11-15-33-16-12-27)7-8-22(21)26-9-13-32-14-10-26/h3-8,17H,9-16,18H2,1-2H3. The minimum Gasteiger partial charge on any atom is -0.496 e. The molecule has 4 rings (SSSR count). The second-order valence-electron chi connectivity index (χ2n) is 8.27. The zero-order chi connectivity index (χ0) is 24.1. The van der Waals surface area contributed by atoms with Gasteiger partial charge in [-0.1, -0.05) is 18.2 Å². The van der Waals surface area contributed by atoms with Crippen LogP contribution in [-0.2, 0) is 26.0 Å². The number of morpholine rings is 2. The predicted octanol–water partition coefficient (Wildman–Crippen LogP) is 1.82. The Kier molecular flexibility index (Phi) is 7.72. The van der Waals surface area contributed by atoms with Crippen LogP contribution >= 0.6 is 0 Å². The fourth-order valence-corrected chi connectivity index (χ4v) is 5.66. The summed E-state index contributed by atoms with van der Waals surface area (Å²) in [4.78, 5) is 17.4. The summed E-state index contributed by atoms with van der Waals surface area (Å²) in [5.74, 6) is 0.436. The number of amides is 1. The third kappa shape index (κ3) is 5.20. The lowest BCUT2D eigenvalue weighted by Gasteiger charge is -2.32. The SMILES string of the molecule is COc1ccccc1CN(C)C(=O)c1cc(S(=O)(=O)N2CCOCC2)ccc1N1CCOCC1. The van der Waals surface area contributed by atoms with Crippen LogP contribution < -0.4 is 9.64 Å². The lowest BCUT2D eigenvalue weighted by Crippen LogP contribution is -2.41. The minimum atomic E-state index is -3.74. The van der Waals surface area contributed by atoms with Crippen molar-refractivity contribution >= 4 is 21.6 Å². The van der Waals surface area contributed by atoms with Crippen LogP contribution in [0.4, 0.5) is 5.69 Å². The minimum absolute atomic E-state index is 0.112. The third-order valence-electron chi connectivity index (χ3n) is 6.10. The molecule has 9 nitrogen and oxygen atoms in total. The Hall–Kier alpha value is -2.66. The van der Waals surface area contributed by atoms with Gasteiger partial charge in [0.05, 0.1) is 44.0 Å². The molecule has 2 aliphatic rings. The summed E-state index contributed by atoms with van der Waals surface area (Å²) in [6, 6.07) is 12.4. The van der Waals surface area contributed by atoms with Crippen LogP contribution in [0.15, 0.2) is 47.4 Å². The number of hydrogen-bond donors (Lipinski definition) is 0. The first-order chi connectivity index (χ1) is 16.4. The number of methoxy groups -OCH3 is 1. The Morgan fingerprint density at radius 1 is 1.00 bits per heavy atom. The second-order valence-corrected chi connectivity index (χ2v) is 10.2. The maximum absolute atomic E-state index is 13.7. The van der Waals surface area contributed by atoms with E-state index in [1.165, 1.54) is 10.4 Å². The summed E-state index contributed by atoms with van der Waals surface area (Å²) in [5, 5.41) is 0. The molecule has 2 aromatic rings. The molecule has 0 spiro atoms. The Morgan fingerprint density at radius 2 is 1.65 bits per heavy atom. The van der Waals surface area contributed by atoms with Gasteiger partial charge in [-0.25, -0.2) is 8.42 Å². The summed E-state index contributed by atoms with van der Waals surface area (Å²) < 4.78 is 44.2. The van der Waals surface area contributed by atoms with E-state index >= 15 is 0 Å². The number of anilines is 1. The van der Waals surface area contributed by atoms with Crippen molar-refractivity contribution in [3.05, 3.63) is 53.6 Å². The van der Waals surface area contributed by atoms with Gasteiger partial charge in [-0.3, -0.25) is 4.79 Å². The predicted molar refractivity (Wildman–Crippen MR) is 128 cm³/mol. The monoisotopic (exact) mass is 489 g/mol. The molecule has 0 unspecified atom stereocenters. The summed E-state index contributed by atoms with van der Waals surface area (Å²) >= 11 is 0. The van der Waals surface area contributed by atoms with Gasteiger partial charge in [0, 0.05) is 51.0 Å². The first-order valence-corrected chi connectivity index (χ1v) is 12.8. The number of carbonyl (C=O) groups is 1. The van der Waals surface area contributed by atoms with Crippen molar-refractivity contribution in [1.82, 2.24) is 9.21 Å². The van der Waals surface area contributed by atoms with Gasteiger partial charge in [-0.15, -0.1) is 0 Å². The normalized spacial score (nSPS) is 17.4. The van der Waals surface area contributed by atoms with E-state index in [2.05, 4.69) is 4.90 Å². The van der Waals surface area contributed by atoms with Crippen LogP contribution in [0.25, 0.3) is 0 Å². The second kappa shape index (κ2) is 10.7. The first kappa shape index (κ1) is 24.5. The number of ether oxygens (including phenoxy) is 3. The van der Waals surface area contributed by atoms with Crippen LogP contribution in [0.2, 0.25) is 0 Å². The van der Waals surface area contributed by atoms with Crippen LogP contribution in [0, 0.1) is 0 Å². The fourth-order valence-electron chi connectivity index (χ4n) is 4.23. The number of nitrogens with zero attached hydrogens (tertiary/aromatic N) is 3. The third-order valence-corrected chi connectivity index (χ3v) is 8.00. The van der Waals surface area contributed by atoms with Crippen LogP contribution in [-0.4, -0.2) is 90.3 Å². The van der Waals surface area contributed by atoms with Crippen molar-refractivity contribution in [3.63, 3.8) is 0 Å². The van der Waals surface area contributed by atoms with Gasteiger partial charge in [-0.05, 0) is 24.3 Å². The molecule has 0 radical (unpaired) electrons. The molecule has 0 aromatic heterocycles. The van der Waals surface area contributed by atoms with Gasteiger partial charge < -0.3 is 24.0 Å². The Morgan fingerprint density at radius 3 is 2.32 bits per heavy atom. The molecular weight excluding hydrogens is 458 g/mol. The quantitative estimate of drug-likeness (QED) is 0.586. The van der Waals surface area contributed by atoms with E-state index < -0.39 is 10.0 Å². The number of rotatable bonds is 7. The summed E-state index contributed by atoms with van der Waals surface area (Å²) in [6.45, 7) is 4.01. The molecule has 2 aromatic carbocycles. The fraction of sp³-hybridized carbons (Fsp3) is 0.458. The summed E-state index contributed by atoms with van der Waals surface area (Å²) in [7, 11) is -0.438. The highest BCUT2D eigenvalue weighted by molar-refractivity contribution is 7.89. The molecule has 0 N–H and O–H groups in total. The summed E-state index contributed by atoms with van der Waals surface area (Å²) in [5.41, 5.74) is 1.93. The molecule has 0 bridgehead atoms. The molecule has 0 atom stereocenters. The van der Waals surface area contributed by atoms with E-state index in [1.54, 1.807) is 31.2 Å². The maximum atomic E-state index is 13.7. The van der Waals surface area contributed by atoms with Gasteiger partial charge >= 0.3 is 0 Å². The zero-order valence-corrected chi connectivity index (χ0v) is 20.4. The van der Waals surface area contributed by atoms with E-state index in [-0.39, 0.29) is 10.8 Å². The molecule has 2 saturated heterocycles. The lowest BCUT2D eigenvalue weighted by atomic mass is 10.1. The molecular formula is C24H31N3O6S. The van der Waals surface area contributed by atoms with Crippen molar-refractivity contribution in [3.8, 4) is 5.75 Å². The average Bonchev–Trinajstić information content (AvgIpc) is 2.89. The molecule has 2 aliphatic heterocycles.